The van der Waals surface area contributed by atoms with E-state index in [1.165, 1.54) is 12.8 Å². The SMILES string of the molecule is COCCN1CC(NC(=O)[C@@H]2CC(C)CC[C@H]2C(C)C)C1. The van der Waals surface area contributed by atoms with Crippen LogP contribution in [0.5, 0.6) is 0 Å². The Morgan fingerprint density at radius 3 is 2.67 bits per heavy atom. The summed E-state index contributed by atoms with van der Waals surface area (Å²) in [5, 5.41) is 3.28. The molecule has 4 nitrogen and oxygen atoms in total. The quantitative estimate of drug-likeness (QED) is 0.816. The van der Waals surface area contributed by atoms with E-state index in [0.717, 1.165) is 32.7 Å². The highest BCUT2D eigenvalue weighted by Crippen LogP contribution is 2.38. The molecule has 1 heterocycles. The highest BCUT2D eigenvalue weighted by Gasteiger charge is 2.37. The van der Waals surface area contributed by atoms with Gasteiger partial charge in [-0.25, -0.2) is 0 Å². The van der Waals surface area contributed by atoms with Crippen LogP contribution in [0, 0.1) is 23.7 Å². The van der Waals surface area contributed by atoms with Gasteiger partial charge in [-0.2, -0.15) is 0 Å². The summed E-state index contributed by atoms with van der Waals surface area (Å²) in [6.45, 7) is 10.5. The number of hydrogen-bond donors (Lipinski definition) is 1. The molecule has 1 saturated heterocycles. The first-order valence-corrected chi connectivity index (χ1v) is 8.53. The van der Waals surface area contributed by atoms with Gasteiger partial charge in [-0.15, -0.1) is 0 Å². The fourth-order valence-corrected chi connectivity index (χ4v) is 3.88. The summed E-state index contributed by atoms with van der Waals surface area (Å²) < 4.78 is 5.08. The van der Waals surface area contributed by atoms with E-state index in [2.05, 4.69) is 31.0 Å². The van der Waals surface area contributed by atoms with Crippen LogP contribution in [-0.4, -0.2) is 50.2 Å². The summed E-state index contributed by atoms with van der Waals surface area (Å²) in [6.07, 6.45) is 3.55. The predicted octanol–water partition coefficient (Wildman–Crippen LogP) is 2.14. The minimum atomic E-state index is 0.224. The van der Waals surface area contributed by atoms with Crippen molar-refractivity contribution in [2.24, 2.45) is 23.7 Å². The minimum absolute atomic E-state index is 0.224. The zero-order chi connectivity index (χ0) is 15.4. The number of rotatable bonds is 6. The van der Waals surface area contributed by atoms with Gasteiger partial charge in [0.05, 0.1) is 12.6 Å². The van der Waals surface area contributed by atoms with Crippen molar-refractivity contribution in [3.05, 3.63) is 0 Å². The fraction of sp³-hybridized carbons (Fsp3) is 0.941. The lowest BCUT2D eigenvalue weighted by molar-refractivity contribution is -0.131. The Morgan fingerprint density at radius 2 is 2.05 bits per heavy atom. The summed E-state index contributed by atoms with van der Waals surface area (Å²) >= 11 is 0. The molecule has 4 heteroatoms. The Balaban J connectivity index is 1.79. The zero-order valence-corrected chi connectivity index (χ0v) is 14.1. The summed E-state index contributed by atoms with van der Waals surface area (Å²) in [7, 11) is 1.73. The van der Waals surface area contributed by atoms with Crippen LogP contribution in [0.3, 0.4) is 0 Å². The van der Waals surface area contributed by atoms with Gasteiger partial charge in [0.15, 0.2) is 0 Å². The zero-order valence-electron chi connectivity index (χ0n) is 14.1. The molecule has 2 aliphatic rings. The van der Waals surface area contributed by atoms with E-state index >= 15 is 0 Å². The maximum Gasteiger partial charge on any atom is 0.223 e. The van der Waals surface area contributed by atoms with Crippen LogP contribution in [0.25, 0.3) is 0 Å². The van der Waals surface area contributed by atoms with E-state index in [4.69, 9.17) is 4.74 Å². The average molecular weight is 296 g/mol. The van der Waals surface area contributed by atoms with Crippen LogP contribution in [0.4, 0.5) is 0 Å². The third kappa shape index (κ3) is 4.43. The smallest absolute Gasteiger partial charge is 0.223 e. The largest absolute Gasteiger partial charge is 0.383 e. The topological polar surface area (TPSA) is 41.6 Å². The van der Waals surface area contributed by atoms with E-state index in [-0.39, 0.29) is 5.92 Å². The number of nitrogens with one attached hydrogen (secondary N) is 1. The highest BCUT2D eigenvalue weighted by molar-refractivity contribution is 5.79. The second kappa shape index (κ2) is 7.59. The lowest BCUT2D eigenvalue weighted by atomic mass is 9.69. The molecular weight excluding hydrogens is 264 g/mol. The minimum Gasteiger partial charge on any atom is -0.383 e. The van der Waals surface area contributed by atoms with Gasteiger partial charge < -0.3 is 10.1 Å². The van der Waals surface area contributed by atoms with Gasteiger partial charge >= 0.3 is 0 Å². The number of ether oxygens (including phenoxy) is 1. The van der Waals surface area contributed by atoms with Crippen LogP contribution < -0.4 is 5.32 Å². The molecule has 21 heavy (non-hydrogen) atoms. The molecule has 0 spiro atoms. The number of likely N-dealkylation sites (tertiary alicyclic amines) is 1. The van der Waals surface area contributed by atoms with Gasteiger partial charge in [-0.3, -0.25) is 9.69 Å². The van der Waals surface area contributed by atoms with Crippen molar-refractivity contribution >= 4 is 5.91 Å². The van der Waals surface area contributed by atoms with Crippen molar-refractivity contribution < 1.29 is 9.53 Å². The molecule has 2 rings (SSSR count). The highest BCUT2D eigenvalue weighted by atomic mass is 16.5. The van der Waals surface area contributed by atoms with Gasteiger partial charge in [-0.1, -0.05) is 27.2 Å². The molecule has 122 valence electrons. The van der Waals surface area contributed by atoms with Crippen molar-refractivity contribution in [2.75, 3.05) is 33.4 Å². The molecule has 1 aliphatic carbocycles. The Hall–Kier alpha value is -0.610. The Kier molecular flexibility index (Phi) is 6.06. The number of carbonyl (C=O) groups is 1. The first-order valence-electron chi connectivity index (χ1n) is 8.53. The van der Waals surface area contributed by atoms with E-state index in [0.29, 0.717) is 29.7 Å². The lowest BCUT2D eigenvalue weighted by Gasteiger charge is -2.42. The number of carbonyl (C=O) groups excluding carboxylic acids is 1. The van der Waals surface area contributed by atoms with Gasteiger partial charge in [0.2, 0.25) is 5.91 Å². The summed E-state index contributed by atoms with van der Waals surface area (Å²) in [5.41, 5.74) is 0. The third-order valence-electron chi connectivity index (χ3n) is 5.27. The molecule has 2 fully saturated rings. The second-order valence-electron chi connectivity index (χ2n) is 7.39. The van der Waals surface area contributed by atoms with Crippen molar-refractivity contribution in [1.82, 2.24) is 10.2 Å². The van der Waals surface area contributed by atoms with Gasteiger partial charge in [-0.05, 0) is 30.6 Å². The molecule has 0 aromatic heterocycles. The molecule has 1 amide bonds. The van der Waals surface area contributed by atoms with E-state index in [9.17, 15) is 4.79 Å². The van der Waals surface area contributed by atoms with Gasteiger partial charge in [0, 0.05) is 32.7 Å². The van der Waals surface area contributed by atoms with Gasteiger partial charge in [0.1, 0.15) is 0 Å². The molecule has 0 aromatic rings. The first-order chi connectivity index (χ1) is 10.0. The van der Waals surface area contributed by atoms with Crippen LogP contribution in [0.15, 0.2) is 0 Å². The molecule has 0 radical (unpaired) electrons. The van der Waals surface area contributed by atoms with Gasteiger partial charge in [0.25, 0.3) is 0 Å². The Bertz CT molecular complexity index is 340. The normalized spacial score (nSPS) is 31.2. The van der Waals surface area contributed by atoms with Crippen molar-refractivity contribution in [3.8, 4) is 0 Å². The van der Waals surface area contributed by atoms with Crippen molar-refractivity contribution in [2.45, 2.75) is 46.1 Å². The van der Waals surface area contributed by atoms with Crippen LogP contribution in [0.2, 0.25) is 0 Å². The van der Waals surface area contributed by atoms with Crippen LogP contribution >= 0.6 is 0 Å². The molecule has 3 atom stereocenters. The molecule has 0 bridgehead atoms. The molecule has 0 aromatic carbocycles. The lowest BCUT2D eigenvalue weighted by Crippen LogP contribution is -2.61. The third-order valence-corrected chi connectivity index (χ3v) is 5.27. The van der Waals surface area contributed by atoms with E-state index in [1.807, 2.05) is 0 Å². The number of hydrogen-bond acceptors (Lipinski definition) is 3. The summed E-state index contributed by atoms with van der Waals surface area (Å²) in [6, 6.07) is 0.347. The van der Waals surface area contributed by atoms with E-state index in [1.54, 1.807) is 7.11 Å². The molecule has 1 aliphatic heterocycles. The van der Waals surface area contributed by atoms with Crippen molar-refractivity contribution in [3.63, 3.8) is 0 Å². The summed E-state index contributed by atoms with van der Waals surface area (Å²) in [5.74, 6) is 2.38. The second-order valence-corrected chi connectivity index (χ2v) is 7.39. The monoisotopic (exact) mass is 296 g/mol. The first kappa shape index (κ1) is 16.8. The fourth-order valence-electron chi connectivity index (χ4n) is 3.88. The number of nitrogens with zero attached hydrogens (tertiary/aromatic N) is 1. The standard InChI is InChI=1S/C17H32N2O2/c1-12(2)15-6-5-13(3)9-16(15)17(20)18-14-10-19(11-14)7-8-21-4/h12-16H,5-11H2,1-4H3,(H,18,20)/t13?,15-,16+/m0/s1. The molecule has 1 saturated carbocycles. The van der Waals surface area contributed by atoms with E-state index < -0.39 is 0 Å². The summed E-state index contributed by atoms with van der Waals surface area (Å²) in [4.78, 5) is 15.0. The van der Waals surface area contributed by atoms with Crippen LogP contribution in [-0.2, 0) is 9.53 Å². The average Bonchev–Trinajstić information content (AvgIpc) is 2.40. The predicted molar refractivity (Wildman–Crippen MR) is 85.1 cm³/mol. The molecular formula is C17H32N2O2. The number of methoxy groups -OCH3 is 1. The molecule has 1 unspecified atom stereocenters. The Labute approximate surface area is 129 Å². The maximum atomic E-state index is 12.6. The maximum absolute atomic E-state index is 12.6. The Morgan fingerprint density at radius 1 is 1.33 bits per heavy atom. The molecule has 1 N–H and O–H groups in total. The van der Waals surface area contributed by atoms with Crippen molar-refractivity contribution in [1.29, 1.82) is 0 Å². The van der Waals surface area contributed by atoms with Crippen LogP contribution in [0.1, 0.15) is 40.0 Å². The number of amides is 1.